The van der Waals surface area contributed by atoms with Crippen molar-refractivity contribution in [3.63, 3.8) is 0 Å². The molecular formula is C14H26N2O4. The van der Waals surface area contributed by atoms with Crippen molar-refractivity contribution in [2.75, 3.05) is 26.8 Å². The van der Waals surface area contributed by atoms with Gasteiger partial charge in [-0.1, -0.05) is 26.2 Å². The topological polar surface area (TPSA) is 87.7 Å². The van der Waals surface area contributed by atoms with Gasteiger partial charge in [0.05, 0.1) is 12.0 Å². The standard InChI is InChI=1S/C14H26N2O4/c1-11(9-20-2)8-15-13(19)16-10-14(12(17)18)6-4-3-5-7-14/h11H,3-10H2,1-2H3,(H,17,18)(H2,15,16,19). The van der Waals surface area contributed by atoms with Crippen LogP contribution in [0.5, 0.6) is 0 Å². The first-order valence-electron chi connectivity index (χ1n) is 7.24. The van der Waals surface area contributed by atoms with E-state index < -0.39 is 11.4 Å². The molecule has 1 saturated carbocycles. The second-order valence-corrected chi connectivity index (χ2v) is 5.77. The fourth-order valence-electron chi connectivity index (χ4n) is 2.62. The Bertz CT molecular complexity index is 327. The minimum atomic E-state index is -0.801. The number of ether oxygens (including phenoxy) is 1. The van der Waals surface area contributed by atoms with E-state index in [1.807, 2.05) is 6.92 Å². The third-order valence-corrected chi connectivity index (χ3v) is 3.91. The molecule has 0 radical (unpaired) electrons. The number of methoxy groups -OCH3 is 1. The number of aliphatic carboxylic acids is 1. The summed E-state index contributed by atoms with van der Waals surface area (Å²) in [6, 6.07) is -0.306. The zero-order valence-electron chi connectivity index (χ0n) is 12.4. The van der Waals surface area contributed by atoms with Crippen LogP contribution in [0.15, 0.2) is 0 Å². The molecule has 1 aliphatic rings. The predicted octanol–water partition coefficient (Wildman–Crippen LogP) is 1.60. The number of hydrogen-bond acceptors (Lipinski definition) is 3. The van der Waals surface area contributed by atoms with Crippen LogP contribution >= 0.6 is 0 Å². The summed E-state index contributed by atoms with van der Waals surface area (Å²) in [7, 11) is 1.62. The Morgan fingerprint density at radius 2 is 1.90 bits per heavy atom. The average Bonchev–Trinajstić information content (AvgIpc) is 2.44. The predicted molar refractivity (Wildman–Crippen MR) is 75.6 cm³/mol. The summed E-state index contributed by atoms with van der Waals surface area (Å²) in [4.78, 5) is 23.2. The van der Waals surface area contributed by atoms with Gasteiger partial charge in [-0.3, -0.25) is 4.79 Å². The van der Waals surface area contributed by atoms with Crippen LogP contribution in [0, 0.1) is 11.3 Å². The summed E-state index contributed by atoms with van der Waals surface area (Å²) < 4.78 is 4.99. The van der Waals surface area contributed by atoms with E-state index in [0.29, 0.717) is 26.0 Å². The molecule has 0 aromatic carbocycles. The minimum absolute atomic E-state index is 0.201. The maximum atomic E-state index is 11.7. The van der Waals surface area contributed by atoms with Crippen molar-refractivity contribution in [3.8, 4) is 0 Å². The van der Waals surface area contributed by atoms with Gasteiger partial charge in [0.1, 0.15) is 0 Å². The third-order valence-electron chi connectivity index (χ3n) is 3.91. The van der Waals surface area contributed by atoms with Gasteiger partial charge < -0.3 is 20.5 Å². The first-order valence-corrected chi connectivity index (χ1v) is 7.24. The number of hydrogen-bond donors (Lipinski definition) is 3. The van der Waals surface area contributed by atoms with E-state index in [-0.39, 0.29) is 18.5 Å². The number of nitrogens with one attached hydrogen (secondary N) is 2. The zero-order valence-corrected chi connectivity index (χ0v) is 12.4. The van der Waals surface area contributed by atoms with E-state index in [4.69, 9.17) is 4.74 Å². The quantitative estimate of drug-likeness (QED) is 0.663. The van der Waals surface area contributed by atoms with E-state index in [0.717, 1.165) is 19.3 Å². The summed E-state index contributed by atoms with van der Waals surface area (Å²) in [5.41, 5.74) is -0.784. The highest BCUT2D eigenvalue weighted by Crippen LogP contribution is 2.35. The molecule has 6 nitrogen and oxygen atoms in total. The monoisotopic (exact) mass is 286 g/mol. The molecule has 6 heteroatoms. The van der Waals surface area contributed by atoms with E-state index in [1.165, 1.54) is 0 Å². The maximum absolute atomic E-state index is 11.7. The van der Waals surface area contributed by atoms with Crippen molar-refractivity contribution < 1.29 is 19.4 Å². The Labute approximate surface area is 120 Å². The molecule has 0 saturated heterocycles. The molecule has 0 heterocycles. The second-order valence-electron chi connectivity index (χ2n) is 5.77. The number of carboxylic acid groups (broad SMARTS) is 1. The molecule has 1 atom stereocenters. The largest absolute Gasteiger partial charge is 0.481 e. The molecule has 1 fully saturated rings. The van der Waals surface area contributed by atoms with Gasteiger partial charge in [0, 0.05) is 20.2 Å². The van der Waals surface area contributed by atoms with Crippen LogP contribution in [-0.4, -0.2) is 43.9 Å². The van der Waals surface area contributed by atoms with Crippen LogP contribution in [-0.2, 0) is 9.53 Å². The second kappa shape index (κ2) is 8.09. The molecule has 0 bridgehead atoms. The Morgan fingerprint density at radius 1 is 1.25 bits per heavy atom. The molecule has 0 aromatic heterocycles. The number of carbonyl (C=O) groups excluding carboxylic acids is 1. The van der Waals surface area contributed by atoms with Crippen LogP contribution in [0.1, 0.15) is 39.0 Å². The Hall–Kier alpha value is -1.30. The number of carboxylic acids is 1. The molecule has 2 amide bonds. The van der Waals surface area contributed by atoms with Crippen LogP contribution < -0.4 is 10.6 Å². The van der Waals surface area contributed by atoms with Gasteiger partial charge >= 0.3 is 12.0 Å². The lowest BCUT2D eigenvalue weighted by atomic mass is 9.74. The van der Waals surface area contributed by atoms with Crippen LogP contribution in [0.25, 0.3) is 0 Å². The summed E-state index contributed by atoms with van der Waals surface area (Å²) in [5.74, 6) is -0.570. The number of rotatable bonds is 7. The van der Waals surface area contributed by atoms with E-state index in [1.54, 1.807) is 7.11 Å². The van der Waals surface area contributed by atoms with Gasteiger partial charge in [0.2, 0.25) is 0 Å². The Kier molecular flexibility index (Phi) is 6.78. The third kappa shape index (κ3) is 5.00. The molecule has 20 heavy (non-hydrogen) atoms. The van der Waals surface area contributed by atoms with Crippen molar-refractivity contribution >= 4 is 12.0 Å². The Morgan fingerprint density at radius 3 is 2.45 bits per heavy atom. The molecule has 1 unspecified atom stereocenters. The smallest absolute Gasteiger partial charge is 0.314 e. The fourth-order valence-corrected chi connectivity index (χ4v) is 2.62. The summed E-state index contributed by atoms with van der Waals surface area (Å²) in [5, 5.41) is 14.8. The SMILES string of the molecule is COCC(C)CNC(=O)NCC1(C(=O)O)CCCCC1. The summed E-state index contributed by atoms with van der Waals surface area (Å²) >= 11 is 0. The van der Waals surface area contributed by atoms with Gasteiger partial charge in [0.15, 0.2) is 0 Å². The number of urea groups is 1. The zero-order chi connectivity index (χ0) is 15.0. The van der Waals surface area contributed by atoms with Crippen molar-refractivity contribution in [2.24, 2.45) is 11.3 Å². The maximum Gasteiger partial charge on any atom is 0.314 e. The highest BCUT2D eigenvalue weighted by Gasteiger charge is 2.39. The molecule has 0 spiro atoms. The molecule has 3 N–H and O–H groups in total. The van der Waals surface area contributed by atoms with E-state index in [9.17, 15) is 14.7 Å². The number of carbonyl (C=O) groups is 2. The van der Waals surface area contributed by atoms with E-state index >= 15 is 0 Å². The first kappa shape index (κ1) is 16.8. The van der Waals surface area contributed by atoms with Gasteiger partial charge in [-0.15, -0.1) is 0 Å². The van der Waals surface area contributed by atoms with Gasteiger partial charge in [0.25, 0.3) is 0 Å². The molecule has 1 rings (SSSR count). The minimum Gasteiger partial charge on any atom is -0.481 e. The van der Waals surface area contributed by atoms with Gasteiger partial charge in [-0.2, -0.15) is 0 Å². The Balaban J connectivity index is 2.36. The lowest BCUT2D eigenvalue weighted by Gasteiger charge is -2.33. The van der Waals surface area contributed by atoms with Crippen molar-refractivity contribution in [1.82, 2.24) is 10.6 Å². The normalized spacial score (nSPS) is 19.1. The van der Waals surface area contributed by atoms with Crippen molar-refractivity contribution in [1.29, 1.82) is 0 Å². The average molecular weight is 286 g/mol. The van der Waals surface area contributed by atoms with Crippen molar-refractivity contribution in [2.45, 2.75) is 39.0 Å². The van der Waals surface area contributed by atoms with Crippen molar-refractivity contribution in [3.05, 3.63) is 0 Å². The van der Waals surface area contributed by atoms with E-state index in [2.05, 4.69) is 10.6 Å². The molecule has 0 aromatic rings. The molecule has 0 aliphatic heterocycles. The molecule has 1 aliphatic carbocycles. The highest BCUT2D eigenvalue weighted by molar-refractivity contribution is 5.78. The lowest BCUT2D eigenvalue weighted by molar-refractivity contribution is -0.150. The fraction of sp³-hybridized carbons (Fsp3) is 0.857. The van der Waals surface area contributed by atoms with Gasteiger partial charge in [-0.25, -0.2) is 4.79 Å². The summed E-state index contributed by atoms with van der Waals surface area (Å²) in [6.07, 6.45) is 4.20. The summed E-state index contributed by atoms with van der Waals surface area (Å²) in [6.45, 7) is 3.27. The molecule has 116 valence electrons. The van der Waals surface area contributed by atoms with Gasteiger partial charge in [-0.05, 0) is 18.8 Å². The van der Waals surface area contributed by atoms with Crippen LogP contribution in [0.2, 0.25) is 0 Å². The first-order chi connectivity index (χ1) is 9.50. The molecular weight excluding hydrogens is 260 g/mol. The van der Waals surface area contributed by atoms with Crippen LogP contribution in [0.4, 0.5) is 4.79 Å². The van der Waals surface area contributed by atoms with Crippen LogP contribution in [0.3, 0.4) is 0 Å². The number of amides is 2. The lowest BCUT2D eigenvalue weighted by Crippen LogP contribution is -2.47. The highest BCUT2D eigenvalue weighted by atomic mass is 16.5.